The molecule has 4 heteroatoms. The number of Topliss-reactive ketones (excluding diaryl/α,β-unsaturated/α-hetero) is 1. The molecule has 0 fully saturated rings. The molecule has 1 heterocycles. The van der Waals surface area contributed by atoms with E-state index in [0.29, 0.717) is 16.7 Å². The minimum absolute atomic E-state index is 0.0405. The van der Waals surface area contributed by atoms with Crippen molar-refractivity contribution in [2.75, 3.05) is 0 Å². The number of carbonyl (C=O) groups is 2. The highest BCUT2D eigenvalue weighted by Gasteiger charge is 2.48. The quantitative estimate of drug-likeness (QED) is 0.691. The number of aliphatic hydroxyl groups is 1. The Labute approximate surface area is 163 Å². The van der Waals surface area contributed by atoms with E-state index >= 15 is 0 Å². The van der Waals surface area contributed by atoms with Gasteiger partial charge in [0.2, 0.25) is 0 Å². The summed E-state index contributed by atoms with van der Waals surface area (Å²) in [5.74, 6) is -0.865. The third kappa shape index (κ3) is 2.94. The average molecular weight is 369 g/mol. The van der Waals surface area contributed by atoms with Crippen LogP contribution in [0.2, 0.25) is 0 Å². The highest BCUT2D eigenvalue weighted by Crippen LogP contribution is 2.40. The Balaban J connectivity index is 1.98. The normalized spacial score (nSPS) is 18.9. The third-order valence-corrected chi connectivity index (χ3v) is 4.93. The molecule has 4 nitrogen and oxygen atoms in total. The molecule has 0 saturated heterocycles. The topological polar surface area (TPSA) is 66.4 Å². The fourth-order valence-electron chi connectivity index (χ4n) is 3.49. The first-order valence-electron chi connectivity index (χ1n) is 9.02. The van der Waals surface area contributed by atoms with E-state index in [1.807, 2.05) is 31.2 Å². The lowest BCUT2D eigenvalue weighted by atomic mass is 9.86. The maximum absolute atomic E-state index is 13.4. The molecule has 3 aromatic rings. The zero-order valence-corrected chi connectivity index (χ0v) is 15.3. The van der Waals surface area contributed by atoms with Gasteiger partial charge in [-0.2, -0.15) is 0 Å². The zero-order chi connectivity index (χ0) is 19.7. The molecule has 1 aliphatic rings. The van der Waals surface area contributed by atoms with Gasteiger partial charge in [-0.15, -0.1) is 0 Å². The van der Waals surface area contributed by atoms with Crippen molar-refractivity contribution in [3.63, 3.8) is 0 Å². The summed E-state index contributed by atoms with van der Waals surface area (Å²) < 4.78 is 0. The molecule has 1 aliphatic heterocycles. The summed E-state index contributed by atoms with van der Waals surface area (Å²) in [5.41, 5.74) is 0.814. The van der Waals surface area contributed by atoms with Gasteiger partial charge in [-0.25, -0.2) is 0 Å². The maximum Gasteiger partial charge on any atom is 0.255 e. The molecular weight excluding hydrogens is 350 g/mol. The van der Waals surface area contributed by atoms with E-state index in [-0.39, 0.29) is 16.9 Å². The molecule has 4 rings (SSSR count). The van der Waals surface area contributed by atoms with E-state index in [4.69, 9.17) is 0 Å². The van der Waals surface area contributed by atoms with Crippen molar-refractivity contribution in [1.82, 2.24) is 5.32 Å². The molecule has 0 radical (unpaired) electrons. The van der Waals surface area contributed by atoms with Crippen LogP contribution in [0.3, 0.4) is 0 Å². The molecule has 138 valence electrons. The van der Waals surface area contributed by atoms with E-state index < -0.39 is 11.6 Å². The number of nitrogens with one attached hydrogen (secondary N) is 1. The predicted octanol–water partition coefficient (Wildman–Crippen LogP) is 3.61. The van der Waals surface area contributed by atoms with Gasteiger partial charge in [0.05, 0.1) is 11.1 Å². The maximum atomic E-state index is 13.4. The summed E-state index contributed by atoms with van der Waals surface area (Å²) in [5, 5.41) is 14.1. The highest BCUT2D eigenvalue weighted by molar-refractivity contribution is 6.32. The van der Waals surface area contributed by atoms with E-state index in [2.05, 4.69) is 5.32 Å². The molecule has 1 unspecified atom stereocenters. The second-order valence-corrected chi connectivity index (χ2v) is 6.84. The summed E-state index contributed by atoms with van der Waals surface area (Å²) in [7, 11) is 0. The first-order valence-corrected chi connectivity index (χ1v) is 9.02. The fraction of sp³-hybridized carbons (Fsp3) is 0.0833. The fourth-order valence-corrected chi connectivity index (χ4v) is 3.49. The predicted molar refractivity (Wildman–Crippen MR) is 107 cm³/mol. The van der Waals surface area contributed by atoms with Crippen LogP contribution < -0.4 is 5.32 Å². The molecule has 1 amide bonds. The summed E-state index contributed by atoms with van der Waals surface area (Å²) in [6, 6.07) is 24.7. The van der Waals surface area contributed by atoms with Gasteiger partial charge in [0.15, 0.2) is 11.5 Å². The largest absolute Gasteiger partial charge is 0.363 e. The minimum Gasteiger partial charge on any atom is -0.363 e. The van der Waals surface area contributed by atoms with Crippen LogP contribution in [0.4, 0.5) is 0 Å². The Morgan fingerprint density at radius 3 is 2.04 bits per heavy atom. The van der Waals surface area contributed by atoms with Gasteiger partial charge < -0.3 is 10.4 Å². The van der Waals surface area contributed by atoms with Gasteiger partial charge in [0.25, 0.3) is 5.91 Å². The molecule has 0 aliphatic carbocycles. The van der Waals surface area contributed by atoms with Crippen LogP contribution in [0, 0.1) is 6.92 Å². The monoisotopic (exact) mass is 369 g/mol. The number of ketones is 1. The first-order chi connectivity index (χ1) is 13.5. The van der Waals surface area contributed by atoms with Crippen LogP contribution in [-0.2, 0) is 10.5 Å². The third-order valence-electron chi connectivity index (χ3n) is 4.93. The highest BCUT2D eigenvalue weighted by atomic mass is 16.3. The van der Waals surface area contributed by atoms with Crippen LogP contribution >= 0.6 is 0 Å². The van der Waals surface area contributed by atoms with Crippen LogP contribution in [0.25, 0.3) is 5.57 Å². The Morgan fingerprint density at radius 1 is 0.857 bits per heavy atom. The molecule has 0 spiro atoms. The average Bonchev–Trinajstić information content (AvgIpc) is 3.01. The molecule has 0 aromatic heterocycles. The Bertz CT molecular complexity index is 1070. The van der Waals surface area contributed by atoms with Crippen LogP contribution in [0.15, 0.2) is 90.5 Å². The molecular formula is C24H19NO3. The van der Waals surface area contributed by atoms with Crippen molar-refractivity contribution in [3.8, 4) is 0 Å². The van der Waals surface area contributed by atoms with Crippen molar-refractivity contribution >= 4 is 17.3 Å². The first kappa shape index (κ1) is 17.9. The second kappa shape index (κ2) is 6.91. The SMILES string of the molecule is Cc1ccc(C2=C(C(=O)c3ccccc3)C(O)(c3ccccc3)NC2=O)cc1. The lowest BCUT2D eigenvalue weighted by Crippen LogP contribution is -2.43. The van der Waals surface area contributed by atoms with Crippen LogP contribution in [0.1, 0.15) is 27.0 Å². The summed E-state index contributed by atoms with van der Waals surface area (Å²) in [6.07, 6.45) is 0. The molecule has 0 saturated carbocycles. The molecule has 0 bridgehead atoms. The standard InChI is InChI=1S/C24H19NO3/c1-16-12-14-17(15-13-16)20-21(22(26)18-8-4-2-5-9-18)24(28,25-23(20)27)19-10-6-3-7-11-19/h2-15,28H,1H3,(H,25,27). The number of amides is 1. The summed E-state index contributed by atoms with van der Waals surface area (Å²) in [4.78, 5) is 26.3. The van der Waals surface area contributed by atoms with Crippen molar-refractivity contribution in [2.45, 2.75) is 12.6 Å². The lowest BCUT2D eigenvalue weighted by molar-refractivity contribution is -0.119. The Hall–Kier alpha value is -3.50. The van der Waals surface area contributed by atoms with Gasteiger partial charge in [0, 0.05) is 11.1 Å². The van der Waals surface area contributed by atoms with Gasteiger partial charge in [-0.1, -0.05) is 90.5 Å². The van der Waals surface area contributed by atoms with Crippen molar-refractivity contribution in [2.24, 2.45) is 0 Å². The number of rotatable bonds is 4. The number of aryl methyl sites for hydroxylation is 1. The summed E-state index contributed by atoms with van der Waals surface area (Å²) in [6.45, 7) is 1.95. The van der Waals surface area contributed by atoms with Crippen LogP contribution in [-0.4, -0.2) is 16.8 Å². The smallest absolute Gasteiger partial charge is 0.255 e. The van der Waals surface area contributed by atoms with E-state index in [1.165, 1.54) is 0 Å². The number of benzene rings is 3. The molecule has 3 aromatic carbocycles. The van der Waals surface area contributed by atoms with Gasteiger partial charge in [0.1, 0.15) is 0 Å². The van der Waals surface area contributed by atoms with Crippen LogP contribution in [0.5, 0.6) is 0 Å². The number of hydrogen-bond donors (Lipinski definition) is 2. The van der Waals surface area contributed by atoms with E-state index in [0.717, 1.165) is 5.56 Å². The van der Waals surface area contributed by atoms with Crippen molar-refractivity contribution < 1.29 is 14.7 Å². The summed E-state index contributed by atoms with van der Waals surface area (Å²) >= 11 is 0. The van der Waals surface area contributed by atoms with Gasteiger partial charge in [-0.05, 0) is 12.5 Å². The van der Waals surface area contributed by atoms with E-state index in [9.17, 15) is 14.7 Å². The zero-order valence-electron chi connectivity index (χ0n) is 15.3. The number of hydrogen-bond acceptors (Lipinski definition) is 3. The lowest BCUT2D eigenvalue weighted by Gasteiger charge is -2.26. The Morgan fingerprint density at radius 2 is 1.43 bits per heavy atom. The minimum atomic E-state index is -1.90. The van der Waals surface area contributed by atoms with Gasteiger partial charge >= 0.3 is 0 Å². The second-order valence-electron chi connectivity index (χ2n) is 6.84. The van der Waals surface area contributed by atoms with E-state index in [1.54, 1.807) is 60.7 Å². The van der Waals surface area contributed by atoms with Crippen molar-refractivity contribution in [3.05, 3.63) is 113 Å². The van der Waals surface area contributed by atoms with Gasteiger partial charge in [-0.3, -0.25) is 9.59 Å². The van der Waals surface area contributed by atoms with Crippen molar-refractivity contribution in [1.29, 1.82) is 0 Å². The Kier molecular flexibility index (Phi) is 4.41. The molecule has 28 heavy (non-hydrogen) atoms. The molecule has 2 N–H and O–H groups in total. The molecule has 1 atom stereocenters. The number of carbonyl (C=O) groups excluding carboxylic acids is 2.